The van der Waals surface area contributed by atoms with Crippen LogP contribution in [0.25, 0.3) is 10.9 Å². The third kappa shape index (κ3) is 1.48. The Labute approximate surface area is 88.7 Å². The fourth-order valence-corrected chi connectivity index (χ4v) is 1.97. The largest absolute Gasteiger partial charge is 0.252 e. The summed E-state index contributed by atoms with van der Waals surface area (Å²) in [5, 5.41) is 1.25. The summed E-state index contributed by atoms with van der Waals surface area (Å²) in [5.74, 6) is 0.477. The molecule has 0 radical (unpaired) electrons. The Morgan fingerprint density at radius 1 is 1.21 bits per heavy atom. The Morgan fingerprint density at radius 2 is 2.00 bits per heavy atom. The maximum Gasteiger partial charge on any atom is 0.0711 e. The molecule has 0 aliphatic rings. The monoisotopic (exact) mass is 205 g/mol. The lowest BCUT2D eigenvalue weighted by Crippen LogP contribution is -1.91. The fourth-order valence-electron chi connectivity index (χ4n) is 1.84. The van der Waals surface area contributed by atoms with Crippen molar-refractivity contribution in [2.24, 2.45) is 0 Å². The van der Waals surface area contributed by atoms with Crippen LogP contribution in [0.1, 0.15) is 16.8 Å². The highest BCUT2D eigenvalue weighted by Gasteiger charge is 2.03. The van der Waals surface area contributed by atoms with E-state index < -0.39 is 0 Å². The van der Waals surface area contributed by atoms with E-state index in [9.17, 15) is 0 Å². The van der Waals surface area contributed by atoms with Crippen molar-refractivity contribution in [2.75, 3.05) is 0 Å². The van der Waals surface area contributed by atoms with E-state index in [1.54, 1.807) is 0 Å². The molecule has 0 unspecified atom stereocenters. The molecule has 0 bridgehead atoms. The van der Waals surface area contributed by atoms with Gasteiger partial charge in [0.05, 0.1) is 17.1 Å². The topological polar surface area (TPSA) is 12.9 Å². The van der Waals surface area contributed by atoms with Crippen molar-refractivity contribution >= 4 is 22.5 Å². The van der Waals surface area contributed by atoms with Crippen molar-refractivity contribution in [1.29, 1.82) is 0 Å². The zero-order valence-electron chi connectivity index (χ0n) is 8.34. The molecule has 0 N–H and O–H groups in total. The molecule has 0 saturated carbocycles. The number of aromatic nitrogens is 1. The first-order valence-corrected chi connectivity index (χ1v) is 5.17. The lowest BCUT2D eigenvalue weighted by Gasteiger charge is -2.06. The van der Waals surface area contributed by atoms with Crippen molar-refractivity contribution in [1.82, 2.24) is 4.98 Å². The zero-order valence-corrected chi connectivity index (χ0v) is 9.10. The van der Waals surface area contributed by atoms with Gasteiger partial charge in [-0.15, -0.1) is 11.6 Å². The predicted octanol–water partition coefficient (Wildman–Crippen LogP) is 3.59. The van der Waals surface area contributed by atoms with Crippen LogP contribution < -0.4 is 0 Å². The van der Waals surface area contributed by atoms with Crippen LogP contribution in [0.15, 0.2) is 24.3 Å². The summed E-state index contributed by atoms with van der Waals surface area (Å²) < 4.78 is 0. The number of fused-ring (bicyclic) bond motifs is 1. The van der Waals surface area contributed by atoms with Gasteiger partial charge < -0.3 is 0 Å². The van der Waals surface area contributed by atoms with Gasteiger partial charge in [-0.25, -0.2) is 0 Å². The van der Waals surface area contributed by atoms with E-state index in [0.29, 0.717) is 5.88 Å². The Bertz CT molecular complexity index is 477. The standard InChI is InChI=1S/C12H12ClN/c1-8-4-3-5-11-12(8)9(2)6-10(7-13)14-11/h3-6H,7H2,1-2H3. The first kappa shape index (κ1) is 9.47. The third-order valence-electron chi connectivity index (χ3n) is 2.43. The molecule has 0 fully saturated rings. The zero-order chi connectivity index (χ0) is 10.1. The van der Waals surface area contributed by atoms with Crippen LogP contribution in [0.2, 0.25) is 0 Å². The molecule has 1 aromatic carbocycles. The first-order valence-electron chi connectivity index (χ1n) is 4.64. The normalized spacial score (nSPS) is 10.8. The molecule has 1 heterocycles. The number of halogens is 1. The van der Waals surface area contributed by atoms with Crippen molar-refractivity contribution in [3.8, 4) is 0 Å². The number of aryl methyl sites for hydroxylation is 2. The highest BCUT2D eigenvalue weighted by molar-refractivity contribution is 6.17. The van der Waals surface area contributed by atoms with Gasteiger partial charge >= 0.3 is 0 Å². The number of hydrogen-bond acceptors (Lipinski definition) is 1. The van der Waals surface area contributed by atoms with Gasteiger partial charge in [0.25, 0.3) is 0 Å². The average molecular weight is 206 g/mol. The fraction of sp³-hybridized carbons (Fsp3) is 0.250. The molecule has 0 amide bonds. The second kappa shape index (κ2) is 3.58. The van der Waals surface area contributed by atoms with Gasteiger partial charge in [-0.3, -0.25) is 4.98 Å². The Balaban J connectivity index is 2.83. The third-order valence-corrected chi connectivity index (χ3v) is 2.70. The van der Waals surface area contributed by atoms with Crippen LogP contribution in [0, 0.1) is 13.8 Å². The minimum absolute atomic E-state index is 0.477. The molecule has 14 heavy (non-hydrogen) atoms. The van der Waals surface area contributed by atoms with Gasteiger partial charge in [0.15, 0.2) is 0 Å². The van der Waals surface area contributed by atoms with Crippen LogP contribution in [0.4, 0.5) is 0 Å². The molecule has 0 saturated heterocycles. The number of rotatable bonds is 1. The van der Waals surface area contributed by atoms with Gasteiger partial charge in [0, 0.05) is 5.39 Å². The van der Waals surface area contributed by atoms with E-state index in [4.69, 9.17) is 11.6 Å². The summed E-state index contributed by atoms with van der Waals surface area (Å²) in [6.45, 7) is 4.21. The van der Waals surface area contributed by atoms with Gasteiger partial charge in [-0.05, 0) is 37.1 Å². The summed E-state index contributed by atoms with van der Waals surface area (Å²) in [7, 11) is 0. The number of nitrogens with zero attached hydrogens (tertiary/aromatic N) is 1. The maximum atomic E-state index is 5.78. The Kier molecular flexibility index (Phi) is 2.42. The minimum Gasteiger partial charge on any atom is -0.252 e. The van der Waals surface area contributed by atoms with Crippen molar-refractivity contribution in [3.63, 3.8) is 0 Å². The molecule has 0 atom stereocenters. The van der Waals surface area contributed by atoms with E-state index in [1.807, 2.05) is 12.1 Å². The highest BCUT2D eigenvalue weighted by Crippen LogP contribution is 2.21. The van der Waals surface area contributed by atoms with E-state index >= 15 is 0 Å². The van der Waals surface area contributed by atoms with Crippen LogP contribution in [0.3, 0.4) is 0 Å². The molecule has 1 nitrogen and oxygen atoms in total. The van der Waals surface area contributed by atoms with Gasteiger partial charge in [0.2, 0.25) is 0 Å². The minimum atomic E-state index is 0.477. The van der Waals surface area contributed by atoms with E-state index in [-0.39, 0.29) is 0 Å². The molecular weight excluding hydrogens is 194 g/mol. The SMILES string of the molecule is Cc1cccc2nc(CCl)cc(C)c12. The van der Waals surface area contributed by atoms with E-state index in [0.717, 1.165) is 11.2 Å². The Hall–Kier alpha value is -1.08. The summed E-state index contributed by atoms with van der Waals surface area (Å²) in [5.41, 5.74) is 4.51. The molecule has 72 valence electrons. The van der Waals surface area contributed by atoms with Crippen LogP contribution >= 0.6 is 11.6 Å². The molecular formula is C12H12ClN. The van der Waals surface area contributed by atoms with Gasteiger partial charge in [0.1, 0.15) is 0 Å². The van der Waals surface area contributed by atoms with Crippen molar-refractivity contribution < 1.29 is 0 Å². The highest BCUT2D eigenvalue weighted by atomic mass is 35.5. The maximum absolute atomic E-state index is 5.78. The van der Waals surface area contributed by atoms with Gasteiger partial charge in [-0.1, -0.05) is 12.1 Å². The van der Waals surface area contributed by atoms with Crippen LogP contribution in [-0.4, -0.2) is 4.98 Å². The number of alkyl halides is 1. The van der Waals surface area contributed by atoms with Gasteiger partial charge in [-0.2, -0.15) is 0 Å². The molecule has 1 aromatic heterocycles. The first-order chi connectivity index (χ1) is 6.72. The van der Waals surface area contributed by atoms with Crippen molar-refractivity contribution in [2.45, 2.75) is 19.7 Å². The molecule has 0 aliphatic carbocycles. The molecule has 2 aromatic rings. The van der Waals surface area contributed by atoms with Crippen LogP contribution in [-0.2, 0) is 5.88 Å². The number of benzene rings is 1. The second-order valence-electron chi connectivity index (χ2n) is 3.53. The molecule has 0 spiro atoms. The van der Waals surface area contributed by atoms with Crippen molar-refractivity contribution in [3.05, 3.63) is 41.1 Å². The summed E-state index contributed by atoms with van der Waals surface area (Å²) in [6, 6.07) is 8.23. The quantitative estimate of drug-likeness (QED) is 0.649. The lowest BCUT2D eigenvalue weighted by atomic mass is 10.0. The smallest absolute Gasteiger partial charge is 0.0711 e. The Morgan fingerprint density at radius 3 is 2.71 bits per heavy atom. The molecule has 2 heteroatoms. The molecule has 0 aliphatic heterocycles. The predicted molar refractivity (Wildman–Crippen MR) is 60.8 cm³/mol. The van der Waals surface area contributed by atoms with Crippen LogP contribution in [0.5, 0.6) is 0 Å². The number of pyridine rings is 1. The summed E-state index contributed by atoms with van der Waals surface area (Å²) in [6.07, 6.45) is 0. The van der Waals surface area contributed by atoms with E-state index in [2.05, 4.69) is 31.0 Å². The summed E-state index contributed by atoms with van der Waals surface area (Å²) >= 11 is 5.78. The average Bonchev–Trinajstić information content (AvgIpc) is 2.17. The van der Waals surface area contributed by atoms with E-state index in [1.165, 1.54) is 16.5 Å². The second-order valence-corrected chi connectivity index (χ2v) is 3.80. The number of hydrogen-bond donors (Lipinski definition) is 0. The lowest BCUT2D eigenvalue weighted by molar-refractivity contribution is 1.19. The summed E-state index contributed by atoms with van der Waals surface area (Å²) in [4.78, 5) is 4.48. The molecule has 2 rings (SSSR count).